The van der Waals surface area contributed by atoms with Crippen molar-refractivity contribution in [1.29, 1.82) is 0 Å². The molecule has 34 heavy (non-hydrogen) atoms. The van der Waals surface area contributed by atoms with E-state index in [9.17, 15) is 4.79 Å². The number of carbonyl (C=O) groups is 1. The smallest absolute Gasteiger partial charge is 0.252 e. The third-order valence-electron chi connectivity index (χ3n) is 8.77. The molecule has 3 aromatic rings. The van der Waals surface area contributed by atoms with Gasteiger partial charge in [0.25, 0.3) is 5.91 Å². The van der Waals surface area contributed by atoms with E-state index >= 15 is 0 Å². The number of para-hydroxylation sites is 1. The number of benzene rings is 2. The van der Waals surface area contributed by atoms with Crippen molar-refractivity contribution in [3.63, 3.8) is 0 Å². The zero-order valence-electron chi connectivity index (χ0n) is 20.2. The van der Waals surface area contributed by atoms with E-state index in [1.165, 1.54) is 38.5 Å². The molecule has 1 atom stereocenters. The van der Waals surface area contributed by atoms with Gasteiger partial charge in [-0.15, -0.1) is 0 Å². The van der Waals surface area contributed by atoms with Crippen LogP contribution in [-0.2, 0) is 0 Å². The third kappa shape index (κ3) is 3.77. The van der Waals surface area contributed by atoms with Gasteiger partial charge in [0.2, 0.25) is 0 Å². The van der Waals surface area contributed by atoms with E-state index in [4.69, 9.17) is 9.72 Å². The Hall–Kier alpha value is -2.88. The lowest BCUT2D eigenvalue weighted by atomic mass is 9.48. The number of hydrogen-bond acceptors (Lipinski definition) is 3. The second-order valence-electron chi connectivity index (χ2n) is 11.0. The highest BCUT2D eigenvalue weighted by molar-refractivity contribution is 6.07. The summed E-state index contributed by atoms with van der Waals surface area (Å²) < 4.78 is 5.59. The van der Waals surface area contributed by atoms with Gasteiger partial charge in [0.05, 0.1) is 23.4 Å². The highest BCUT2D eigenvalue weighted by atomic mass is 16.5. The molecule has 0 spiro atoms. The molecule has 4 fully saturated rings. The maximum Gasteiger partial charge on any atom is 0.252 e. The van der Waals surface area contributed by atoms with Crippen LogP contribution in [-0.4, -0.2) is 23.5 Å². The summed E-state index contributed by atoms with van der Waals surface area (Å²) in [4.78, 5) is 18.6. The fraction of sp³-hybridized carbons (Fsp3) is 0.467. The van der Waals surface area contributed by atoms with Crippen LogP contribution in [0.25, 0.3) is 22.2 Å². The SMILES string of the molecule is CCOc1ccc(-c2cc(C(=O)N[C@@H](C)C34CC5CC(CC(C5)C3)C4)c3ccccc3n2)cc1. The van der Waals surface area contributed by atoms with E-state index in [2.05, 4.69) is 12.2 Å². The highest BCUT2D eigenvalue weighted by Gasteiger charge is 2.53. The lowest BCUT2D eigenvalue weighted by Crippen LogP contribution is -2.55. The van der Waals surface area contributed by atoms with Gasteiger partial charge in [-0.3, -0.25) is 4.79 Å². The minimum Gasteiger partial charge on any atom is -0.494 e. The van der Waals surface area contributed by atoms with Crippen molar-refractivity contribution in [3.8, 4) is 17.0 Å². The normalized spacial score (nSPS) is 28.1. The van der Waals surface area contributed by atoms with Crippen LogP contribution in [0.15, 0.2) is 54.6 Å². The van der Waals surface area contributed by atoms with Crippen LogP contribution < -0.4 is 10.1 Å². The molecule has 1 amide bonds. The summed E-state index contributed by atoms with van der Waals surface area (Å²) in [6, 6.07) is 18.1. The van der Waals surface area contributed by atoms with Crippen molar-refractivity contribution in [2.75, 3.05) is 6.61 Å². The number of hydrogen-bond donors (Lipinski definition) is 1. The molecule has 2 aromatic carbocycles. The highest BCUT2D eigenvalue weighted by Crippen LogP contribution is 2.61. The average Bonchev–Trinajstić information content (AvgIpc) is 2.83. The minimum absolute atomic E-state index is 0.0223. The van der Waals surface area contributed by atoms with Gasteiger partial charge in [0.15, 0.2) is 0 Å². The van der Waals surface area contributed by atoms with Crippen LogP contribution in [0.2, 0.25) is 0 Å². The van der Waals surface area contributed by atoms with Gasteiger partial charge in [-0.25, -0.2) is 4.98 Å². The number of amides is 1. The summed E-state index contributed by atoms with van der Waals surface area (Å²) in [6.07, 6.45) is 8.11. The second kappa shape index (κ2) is 8.41. The molecule has 1 aromatic heterocycles. The van der Waals surface area contributed by atoms with Crippen molar-refractivity contribution in [3.05, 3.63) is 60.2 Å². The largest absolute Gasteiger partial charge is 0.494 e. The molecule has 1 N–H and O–H groups in total. The molecule has 0 saturated heterocycles. The van der Waals surface area contributed by atoms with Crippen LogP contribution in [0.4, 0.5) is 0 Å². The Morgan fingerprint density at radius 2 is 1.68 bits per heavy atom. The van der Waals surface area contributed by atoms with Crippen LogP contribution in [0, 0.1) is 23.2 Å². The summed E-state index contributed by atoms with van der Waals surface area (Å²) in [5.74, 6) is 3.49. The first-order valence-electron chi connectivity index (χ1n) is 13.0. The van der Waals surface area contributed by atoms with Crippen LogP contribution in [0.5, 0.6) is 5.75 Å². The fourth-order valence-corrected chi connectivity index (χ4v) is 7.54. The second-order valence-corrected chi connectivity index (χ2v) is 11.0. The van der Waals surface area contributed by atoms with Gasteiger partial charge in [-0.2, -0.15) is 0 Å². The number of fused-ring (bicyclic) bond motifs is 1. The molecule has 4 saturated carbocycles. The zero-order valence-corrected chi connectivity index (χ0v) is 20.2. The molecule has 176 valence electrons. The van der Waals surface area contributed by atoms with Crippen LogP contribution in [0.1, 0.15) is 62.7 Å². The van der Waals surface area contributed by atoms with Gasteiger partial charge in [-0.05, 0) is 112 Å². The summed E-state index contributed by atoms with van der Waals surface area (Å²) in [6.45, 7) is 4.87. The Labute approximate surface area is 202 Å². The van der Waals surface area contributed by atoms with Gasteiger partial charge in [0.1, 0.15) is 5.75 Å². The lowest BCUT2D eigenvalue weighted by Gasteiger charge is -2.59. The molecular weight excluding hydrogens is 420 g/mol. The molecule has 0 aliphatic heterocycles. The van der Waals surface area contributed by atoms with Crippen molar-refractivity contribution in [2.24, 2.45) is 23.2 Å². The summed E-state index contributed by atoms with van der Waals surface area (Å²) in [5, 5.41) is 4.37. The first kappa shape index (κ1) is 21.6. The molecule has 4 bridgehead atoms. The Morgan fingerprint density at radius 1 is 1.03 bits per heavy atom. The van der Waals surface area contributed by atoms with Crippen molar-refractivity contribution >= 4 is 16.8 Å². The van der Waals surface area contributed by atoms with Gasteiger partial charge in [0, 0.05) is 17.0 Å². The van der Waals surface area contributed by atoms with Gasteiger partial charge < -0.3 is 10.1 Å². The van der Waals surface area contributed by atoms with Crippen molar-refractivity contribution < 1.29 is 9.53 Å². The minimum atomic E-state index is 0.0223. The van der Waals surface area contributed by atoms with E-state index in [-0.39, 0.29) is 17.4 Å². The van der Waals surface area contributed by atoms with Crippen LogP contribution in [0.3, 0.4) is 0 Å². The number of aromatic nitrogens is 1. The Balaban J connectivity index is 1.31. The number of ether oxygens (including phenoxy) is 1. The summed E-state index contributed by atoms with van der Waals surface area (Å²) >= 11 is 0. The monoisotopic (exact) mass is 454 g/mol. The average molecular weight is 455 g/mol. The maximum absolute atomic E-state index is 13.7. The third-order valence-corrected chi connectivity index (χ3v) is 8.77. The fourth-order valence-electron chi connectivity index (χ4n) is 7.54. The predicted octanol–water partition coefficient (Wildman–Crippen LogP) is 6.64. The molecule has 1 heterocycles. The molecule has 4 aliphatic carbocycles. The number of nitrogens with one attached hydrogen (secondary N) is 1. The molecule has 0 radical (unpaired) electrons. The Kier molecular flexibility index (Phi) is 5.35. The number of carbonyl (C=O) groups excluding carboxylic acids is 1. The summed E-state index contributed by atoms with van der Waals surface area (Å²) in [7, 11) is 0. The standard InChI is InChI=1S/C30H34N2O2/c1-3-34-24-10-8-23(9-11-24)28-15-26(25-6-4-5-7-27(25)32-28)29(33)31-19(2)30-16-20-12-21(17-30)14-22(13-20)18-30/h4-11,15,19-22H,3,12-14,16-18H2,1-2H3,(H,31,33)/t19-,20?,21?,22?,30?/m0/s1. The first-order valence-corrected chi connectivity index (χ1v) is 13.0. The van der Waals surface area contributed by atoms with Crippen molar-refractivity contribution in [1.82, 2.24) is 10.3 Å². The number of pyridine rings is 1. The number of nitrogens with zero attached hydrogens (tertiary/aromatic N) is 1. The predicted molar refractivity (Wildman–Crippen MR) is 136 cm³/mol. The van der Waals surface area contributed by atoms with E-state index in [1.807, 2.05) is 61.5 Å². The lowest BCUT2D eigenvalue weighted by molar-refractivity contribution is -0.0687. The van der Waals surface area contributed by atoms with E-state index in [0.717, 1.165) is 45.7 Å². The molecule has 4 nitrogen and oxygen atoms in total. The zero-order chi connectivity index (χ0) is 23.3. The van der Waals surface area contributed by atoms with Gasteiger partial charge in [-0.1, -0.05) is 18.2 Å². The first-order chi connectivity index (χ1) is 16.5. The molecular formula is C30H34N2O2. The Morgan fingerprint density at radius 3 is 2.32 bits per heavy atom. The maximum atomic E-state index is 13.7. The van der Waals surface area contributed by atoms with E-state index in [1.54, 1.807) is 0 Å². The van der Waals surface area contributed by atoms with Crippen molar-refractivity contribution in [2.45, 2.75) is 58.4 Å². The summed E-state index contributed by atoms with van der Waals surface area (Å²) in [5.41, 5.74) is 3.64. The molecule has 4 aliphatic rings. The van der Waals surface area contributed by atoms with Gasteiger partial charge >= 0.3 is 0 Å². The van der Waals surface area contributed by atoms with Crippen LogP contribution >= 0.6 is 0 Å². The molecule has 0 unspecified atom stereocenters. The molecule has 4 heteroatoms. The Bertz CT molecular complexity index is 1180. The topological polar surface area (TPSA) is 51.2 Å². The van der Waals surface area contributed by atoms with E-state index in [0.29, 0.717) is 12.2 Å². The quantitative estimate of drug-likeness (QED) is 0.454. The molecule has 7 rings (SSSR count). The number of rotatable bonds is 6. The van der Waals surface area contributed by atoms with E-state index < -0.39 is 0 Å².